The first-order valence-corrected chi connectivity index (χ1v) is 8.92. The van der Waals surface area contributed by atoms with E-state index < -0.39 is 0 Å². The minimum atomic E-state index is 0.652. The summed E-state index contributed by atoms with van der Waals surface area (Å²) in [7, 11) is 0. The first kappa shape index (κ1) is 18.9. The number of benzene rings is 1. The third kappa shape index (κ3) is 5.84. The number of nitrogens with two attached hydrogens (primary N) is 1. The van der Waals surface area contributed by atoms with E-state index in [1.54, 1.807) is 5.57 Å². The number of anilines is 1. The van der Waals surface area contributed by atoms with E-state index in [4.69, 9.17) is 5.84 Å². The molecular formula is C21H30N4. The van der Waals surface area contributed by atoms with Gasteiger partial charge in [-0.15, -0.1) is 0 Å². The highest BCUT2D eigenvalue weighted by molar-refractivity contribution is 5.73. The van der Waals surface area contributed by atoms with Crippen LogP contribution < -0.4 is 21.9 Å². The maximum absolute atomic E-state index is 5.47. The van der Waals surface area contributed by atoms with Crippen molar-refractivity contribution in [3.05, 3.63) is 72.0 Å². The van der Waals surface area contributed by atoms with Crippen LogP contribution in [0.5, 0.6) is 0 Å². The van der Waals surface area contributed by atoms with Gasteiger partial charge in [0, 0.05) is 23.5 Å². The van der Waals surface area contributed by atoms with Gasteiger partial charge < -0.3 is 16.1 Å². The monoisotopic (exact) mass is 338 g/mol. The van der Waals surface area contributed by atoms with Crippen molar-refractivity contribution >= 4 is 11.4 Å². The highest BCUT2D eigenvalue weighted by Gasteiger charge is 2.07. The van der Waals surface area contributed by atoms with E-state index in [-0.39, 0.29) is 0 Å². The van der Waals surface area contributed by atoms with Crippen LogP contribution in [0.1, 0.15) is 38.2 Å². The Morgan fingerprint density at radius 3 is 2.52 bits per heavy atom. The van der Waals surface area contributed by atoms with Crippen LogP contribution in [0, 0.1) is 0 Å². The van der Waals surface area contributed by atoms with E-state index >= 15 is 0 Å². The number of hydrogen-bond donors (Lipinski definition) is 4. The zero-order chi connectivity index (χ0) is 18.1. The van der Waals surface area contributed by atoms with Gasteiger partial charge in [0.2, 0.25) is 0 Å². The van der Waals surface area contributed by atoms with E-state index in [2.05, 4.69) is 48.3 Å². The standard InChI is InChI=1S/C21H30N4/c1-4-7-18-10-12-19(13-11-18)15-23-16(2)14-24-21-9-6-5-8-20(21)17(3)25-22/h5-6,8-10,12,23-25H,2-4,7,11,13-15,22H2,1H3. The van der Waals surface area contributed by atoms with Gasteiger partial charge in [-0.3, -0.25) is 5.84 Å². The zero-order valence-electron chi connectivity index (χ0n) is 15.2. The molecule has 1 aliphatic carbocycles. The molecule has 0 saturated heterocycles. The molecule has 4 nitrogen and oxygen atoms in total. The second kappa shape index (κ2) is 9.74. The number of allylic oxidation sites excluding steroid dienone is 3. The molecular weight excluding hydrogens is 308 g/mol. The zero-order valence-corrected chi connectivity index (χ0v) is 15.2. The first-order chi connectivity index (χ1) is 12.1. The Labute approximate surface area is 151 Å². The second-order valence-corrected chi connectivity index (χ2v) is 6.38. The Hall–Kier alpha value is -2.46. The Morgan fingerprint density at radius 2 is 1.84 bits per heavy atom. The molecule has 5 N–H and O–H groups in total. The molecule has 25 heavy (non-hydrogen) atoms. The minimum Gasteiger partial charge on any atom is -0.384 e. The lowest BCUT2D eigenvalue weighted by Crippen LogP contribution is -2.23. The molecule has 0 fully saturated rings. The van der Waals surface area contributed by atoms with E-state index in [1.807, 2.05) is 24.3 Å². The third-order valence-corrected chi connectivity index (χ3v) is 4.38. The summed E-state index contributed by atoms with van der Waals surface area (Å²) < 4.78 is 0. The third-order valence-electron chi connectivity index (χ3n) is 4.38. The van der Waals surface area contributed by atoms with Crippen molar-refractivity contribution in [3.8, 4) is 0 Å². The van der Waals surface area contributed by atoms with Crippen LogP contribution in [0.2, 0.25) is 0 Å². The van der Waals surface area contributed by atoms with Gasteiger partial charge in [0.05, 0.1) is 12.2 Å². The van der Waals surface area contributed by atoms with Gasteiger partial charge >= 0.3 is 0 Å². The van der Waals surface area contributed by atoms with Crippen molar-refractivity contribution in [2.45, 2.75) is 32.6 Å². The van der Waals surface area contributed by atoms with Crippen LogP contribution in [-0.2, 0) is 0 Å². The number of hydrazine groups is 1. The van der Waals surface area contributed by atoms with E-state index in [1.165, 1.54) is 24.8 Å². The highest BCUT2D eigenvalue weighted by atomic mass is 15.2. The molecule has 0 atom stereocenters. The molecule has 1 aliphatic rings. The molecule has 0 heterocycles. The predicted octanol–water partition coefficient (Wildman–Crippen LogP) is 4.08. The Bertz CT molecular complexity index is 670. The summed E-state index contributed by atoms with van der Waals surface area (Å²) in [5, 5.41) is 6.80. The summed E-state index contributed by atoms with van der Waals surface area (Å²) >= 11 is 0. The number of hydrogen-bond acceptors (Lipinski definition) is 4. The van der Waals surface area contributed by atoms with Crippen molar-refractivity contribution in [2.24, 2.45) is 5.84 Å². The number of nitrogens with one attached hydrogen (secondary N) is 3. The summed E-state index contributed by atoms with van der Waals surface area (Å²) in [4.78, 5) is 0. The van der Waals surface area contributed by atoms with E-state index in [9.17, 15) is 0 Å². The summed E-state index contributed by atoms with van der Waals surface area (Å²) in [5.41, 5.74) is 9.19. The van der Waals surface area contributed by atoms with Crippen LogP contribution in [0.25, 0.3) is 5.70 Å². The molecule has 0 radical (unpaired) electrons. The van der Waals surface area contributed by atoms with Gasteiger partial charge in [0.1, 0.15) is 0 Å². The van der Waals surface area contributed by atoms with Gasteiger partial charge in [0.15, 0.2) is 0 Å². The molecule has 2 rings (SSSR count). The quantitative estimate of drug-likeness (QED) is 0.383. The van der Waals surface area contributed by atoms with Gasteiger partial charge in [0.25, 0.3) is 0 Å². The van der Waals surface area contributed by atoms with Gasteiger partial charge in [-0.05, 0) is 25.3 Å². The molecule has 0 amide bonds. The average molecular weight is 338 g/mol. The lowest BCUT2D eigenvalue weighted by atomic mass is 9.95. The van der Waals surface area contributed by atoms with E-state index in [0.717, 1.165) is 29.9 Å². The molecule has 4 heteroatoms. The highest BCUT2D eigenvalue weighted by Crippen LogP contribution is 2.22. The summed E-state index contributed by atoms with van der Waals surface area (Å²) in [6.07, 6.45) is 9.32. The van der Waals surface area contributed by atoms with Crippen LogP contribution in [-0.4, -0.2) is 13.1 Å². The molecule has 0 saturated carbocycles. The second-order valence-electron chi connectivity index (χ2n) is 6.38. The Morgan fingerprint density at radius 1 is 1.12 bits per heavy atom. The smallest absolute Gasteiger partial charge is 0.0542 e. The topological polar surface area (TPSA) is 62.1 Å². The summed E-state index contributed by atoms with van der Waals surface area (Å²) in [6, 6.07) is 7.94. The fourth-order valence-corrected chi connectivity index (χ4v) is 2.88. The minimum absolute atomic E-state index is 0.652. The van der Waals surface area contributed by atoms with E-state index in [0.29, 0.717) is 12.2 Å². The first-order valence-electron chi connectivity index (χ1n) is 8.92. The molecule has 0 aromatic heterocycles. The fraction of sp³-hybridized carbons (Fsp3) is 0.333. The normalized spacial score (nSPS) is 13.5. The molecule has 0 bridgehead atoms. The SMILES string of the molecule is C=C(CNc1ccccc1C(=C)NN)NCC1=CC=C(CCC)CC1. The van der Waals surface area contributed by atoms with Crippen molar-refractivity contribution in [2.75, 3.05) is 18.4 Å². The molecule has 1 aromatic carbocycles. The predicted molar refractivity (Wildman–Crippen MR) is 109 cm³/mol. The van der Waals surface area contributed by atoms with Crippen LogP contribution >= 0.6 is 0 Å². The number of para-hydroxylation sites is 1. The number of rotatable bonds is 10. The Kier molecular flexibility index (Phi) is 7.36. The van der Waals surface area contributed by atoms with Crippen LogP contribution in [0.3, 0.4) is 0 Å². The summed E-state index contributed by atoms with van der Waals surface area (Å²) in [5.74, 6) is 5.47. The lowest BCUT2D eigenvalue weighted by molar-refractivity contribution is 0.757. The average Bonchev–Trinajstić information content (AvgIpc) is 2.65. The lowest BCUT2D eigenvalue weighted by Gasteiger charge is -2.18. The maximum Gasteiger partial charge on any atom is 0.0542 e. The molecule has 0 spiro atoms. The fourth-order valence-electron chi connectivity index (χ4n) is 2.88. The molecule has 0 unspecified atom stereocenters. The molecule has 1 aromatic rings. The molecule has 0 aliphatic heterocycles. The van der Waals surface area contributed by atoms with Gasteiger partial charge in [-0.1, -0.05) is 68.0 Å². The van der Waals surface area contributed by atoms with Crippen molar-refractivity contribution in [1.82, 2.24) is 10.7 Å². The van der Waals surface area contributed by atoms with Crippen molar-refractivity contribution < 1.29 is 0 Å². The van der Waals surface area contributed by atoms with Crippen LogP contribution in [0.15, 0.2) is 66.4 Å². The maximum atomic E-state index is 5.47. The summed E-state index contributed by atoms with van der Waals surface area (Å²) in [6.45, 7) is 11.8. The molecule has 134 valence electrons. The van der Waals surface area contributed by atoms with Gasteiger partial charge in [-0.25, -0.2) is 0 Å². The van der Waals surface area contributed by atoms with Gasteiger partial charge in [-0.2, -0.15) is 0 Å². The Balaban J connectivity index is 1.81. The van der Waals surface area contributed by atoms with Crippen molar-refractivity contribution in [1.29, 1.82) is 0 Å². The largest absolute Gasteiger partial charge is 0.384 e. The van der Waals surface area contributed by atoms with Crippen molar-refractivity contribution in [3.63, 3.8) is 0 Å². The van der Waals surface area contributed by atoms with Crippen LogP contribution in [0.4, 0.5) is 5.69 Å².